The van der Waals surface area contributed by atoms with Gasteiger partial charge in [-0.1, -0.05) is 6.08 Å². The van der Waals surface area contributed by atoms with Crippen LogP contribution in [0.5, 0.6) is 0 Å². The molecule has 0 fully saturated rings. The zero-order valence-corrected chi connectivity index (χ0v) is 4.42. The molecule has 0 aliphatic heterocycles. The lowest BCUT2D eigenvalue weighted by molar-refractivity contribution is -0.122. The SMILES string of the molecule is C=CC.N.O=CO. The molecule has 0 bridgehead atoms. The molecule has 4 N–H and O–H groups in total. The Morgan fingerprint density at radius 2 is 1.71 bits per heavy atom. The van der Waals surface area contributed by atoms with Gasteiger partial charge in [-0.2, -0.15) is 0 Å². The number of rotatable bonds is 0. The van der Waals surface area contributed by atoms with Crippen LogP contribution >= 0.6 is 0 Å². The predicted octanol–water partition coefficient (Wildman–Crippen LogP) is 1.06. The molecule has 0 saturated carbocycles. The van der Waals surface area contributed by atoms with Gasteiger partial charge in [0.25, 0.3) is 6.47 Å². The van der Waals surface area contributed by atoms with Crippen LogP contribution in [0.25, 0.3) is 0 Å². The standard InChI is InChI=1S/C3H6.CH2O2.H3N/c1-3-2;2-1-3;/h3H,1H2,2H3;1H,(H,2,3);1H3. The maximum absolute atomic E-state index is 8.36. The van der Waals surface area contributed by atoms with E-state index in [1.807, 2.05) is 6.92 Å². The maximum atomic E-state index is 8.36. The molecule has 0 unspecified atom stereocenters. The second-order valence-corrected chi connectivity index (χ2v) is 0.514. The molecule has 3 heteroatoms. The lowest BCUT2D eigenvalue weighted by Gasteiger charge is -1.34. The fourth-order valence-electron chi connectivity index (χ4n) is 0. The van der Waals surface area contributed by atoms with Gasteiger partial charge in [-0.15, -0.1) is 6.58 Å². The first kappa shape index (κ1) is 16.4. The van der Waals surface area contributed by atoms with Crippen LogP contribution in [-0.4, -0.2) is 11.6 Å². The summed E-state index contributed by atoms with van der Waals surface area (Å²) in [5.41, 5.74) is 0. The number of hydrogen-bond donors (Lipinski definition) is 2. The van der Waals surface area contributed by atoms with Crippen molar-refractivity contribution in [2.45, 2.75) is 6.92 Å². The van der Waals surface area contributed by atoms with Gasteiger partial charge in [0, 0.05) is 0 Å². The van der Waals surface area contributed by atoms with Gasteiger partial charge in [-0.05, 0) is 6.92 Å². The minimum absolute atomic E-state index is 0. The monoisotopic (exact) mass is 105 g/mol. The Kier molecular flexibility index (Phi) is 154. The van der Waals surface area contributed by atoms with E-state index in [1.54, 1.807) is 6.08 Å². The third-order valence-electron chi connectivity index (χ3n) is 0. The van der Waals surface area contributed by atoms with Crippen molar-refractivity contribution in [2.24, 2.45) is 0 Å². The lowest BCUT2D eigenvalue weighted by atomic mass is 10.8. The molecule has 0 aliphatic carbocycles. The van der Waals surface area contributed by atoms with E-state index >= 15 is 0 Å². The Bertz CT molecular complexity index is 30.7. The highest BCUT2D eigenvalue weighted by Crippen LogP contribution is 1.38. The second-order valence-electron chi connectivity index (χ2n) is 0.514. The summed E-state index contributed by atoms with van der Waals surface area (Å²) in [7, 11) is 0. The van der Waals surface area contributed by atoms with Crippen molar-refractivity contribution in [2.75, 3.05) is 0 Å². The fourth-order valence-corrected chi connectivity index (χ4v) is 0. The van der Waals surface area contributed by atoms with Crippen LogP contribution in [0.1, 0.15) is 6.92 Å². The first-order valence-electron chi connectivity index (χ1n) is 1.48. The van der Waals surface area contributed by atoms with Crippen molar-refractivity contribution in [1.29, 1.82) is 0 Å². The van der Waals surface area contributed by atoms with Crippen molar-refractivity contribution in [1.82, 2.24) is 6.15 Å². The maximum Gasteiger partial charge on any atom is 0.290 e. The predicted molar refractivity (Wildman–Crippen MR) is 29.6 cm³/mol. The average Bonchev–Trinajstić information content (AvgIpc) is 1.39. The third-order valence-corrected chi connectivity index (χ3v) is 0. The van der Waals surface area contributed by atoms with E-state index in [-0.39, 0.29) is 12.6 Å². The van der Waals surface area contributed by atoms with Crippen LogP contribution in [0.15, 0.2) is 12.7 Å². The highest BCUT2D eigenvalue weighted by molar-refractivity contribution is 5.32. The van der Waals surface area contributed by atoms with Gasteiger partial charge in [0.15, 0.2) is 0 Å². The van der Waals surface area contributed by atoms with Crippen molar-refractivity contribution in [3.05, 3.63) is 12.7 Å². The molecule has 0 saturated heterocycles. The molecule has 3 nitrogen and oxygen atoms in total. The molecule has 0 spiro atoms. The number of carbonyl (C=O) groups is 1. The molecular formula is C4H11NO2. The number of carboxylic acid groups (broad SMARTS) is 1. The van der Waals surface area contributed by atoms with Crippen LogP contribution in [0.4, 0.5) is 0 Å². The molecular weight excluding hydrogens is 94.0 g/mol. The highest BCUT2D eigenvalue weighted by Gasteiger charge is 1.22. The zero-order valence-electron chi connectivity index (χ0n) is 4.42. The quantitative estimate of drug-likeness (QED) is 0.357. The normalized spacial score (nSPS) is 3.57. The van der Waals surface area contributed by atoms with Crippen LogP contribution in [0.2, 0.25) is 0 Å². The highest BCUT2D eigenvalue weighted by atomic mass is 16.3. The topological polar surface area (TPSA) is 72.3 Å². The molecule has 0 aromatic carbocycles. The Hall–Kier alpha value is -0.830. The molecule has 0 rings (SSSR count). The van der Waals surface area contributed by atoms with Crippen LogP contribution < -0.4 is 6.15 Å². The van der Waals surface area contributed by atoms with E-state index in [0.29, 0.717) is 0 Å². The van der Waals surface area contributed by atoms with Gasteiger partial charge in [0.05, 0.1) is 0 Å². The van der Waals surface area contributed by atoms with E-state index in [9.17, 15) is 0 Å². The summed E-state index contributed by atoms with van der Waals surface area (Å²) in [5.74, 6) is 0. The first-order valence-corrected chi connectivity index (χ1v) is 1.48. The van der Waals surface area contributed by atoms with Gasteiger partial charge in [0.1, 0.15) is 0 Å². The van der Waals surface area contributed by atoms with Crippen LogP contribution in [-0.2, 0) is 4.79 Å². The molecule has 0 atom stereocenters. The molecule has 44 valence electrons. The van der Waals surface area contributed by atoms with Gasteiger partial charge in [0.2, 0.25) is 0 Å². The Labute approximate surface area is 43.2 Å². The van der Waals surface area contributed by atoms with Crippen molar-refractivity contribution in [3.63, 3.8) is 0 Å². The summed E-state index contributed by atoms with van der Waals surface area (Å²) in [5, 5.41) is 6.89. The number of hydrogen-bond acceptors (Lipinski definition) is 2. The van der Waals surface area contributed by atoms with Gasteiger partial charge < -0.3 is 11.3 Å². The average molecular weight is 105 g/mol. The van der Waals surface area contributed by atoms with E-state index in [1.165, 1.54) is 0 Å². The molecule has 0 amide bonds. The van der Waals surface area contributed by atoms with E-state index in [4.69, 9.17) is 9.90 Å². The lowest BCUT2D eigenvalue weighted by Crippen LogP contribution is -1.49. The van der Waals surface area contributed by atoms with E-state index < -0.39 is 0 Å². The van der Waals surface area contributed by atoms with Crippen LogP contribution in [0.3, 0.4) is 0 Å². The smallest absolute Gasteiger partial charge is 0.290 e. The van der Waals surface area contributed by atoms with Crippen molar-refractivity contribution >= 4 is 6.47 Å². The third kappa shape index (κ3) is 75.4. The molecule has 0 radical (unpaired) electrons. The van der Waals surface area contributed by atoms with Crippen molar-refractivity contribution in [3.8, 4) is 0 Å². The van der Waals surface area contributed by atoms with E-state index in [2.05, 4.69) is 6.58 Å². The summed E-state index contributed by atoms with van der Waals surface area (Å²) in [6.45, 7) is 5.00. The van der Waals surface area contributed by atoms with E-state index in [0.717, 1.165) is 0 Å². The second kappa shape index (κ2) is 65.7. The summed E-state index contributed by atoms with van der Waals surface area (Å²) in [6, 6.07) is 0. The summed E-state index contributed by atoms with van der Waals surface area (Å²) < 4.78 is 0. The number of allylic oxidation sites excluding steroid dienone is 1. The van der Waals surface area contributed by atoms with Gasteiger partial charge in [-0.25, -0.2) is 0 Å². The summed E-state index contributed by atoms with van der Waals surface area (Å²) in [6.07, 6.45) is 1.75. The molecule has 0 aliphatic rings. The zero-order chi connectivity index (χ0) is 5.41. The molecule has 0 heterocycles. The largest absolute Gasteiger partial charge is 0.483 e. The summed E-state index contributed by atoms with van der Waals surface area (Å²) in [4.78, 5) is 8.36. The Morgan fingerprint density at radius 1 is 1.71 bits per heavy atom. The Balaban J connectivity index is -0.0000000400. The molecule has 7 heavy (non-hydrogen) atoms. The molecule has 0 aromatic rings. The minimum atomic E-state index is -0.250. The Morgan fingerprint density at radius 3 is 1.71 bits per heavy atom. The fraction of sp³-hybridized carbons (Fsp3) is 0.250. The molecule has 0 aromatic heterocycles. The van der Waals surface area contributed by atoms with Crippen LogP contribution in [0, 0.1) is 0 Å². The minimum Gasteiger partial charge on any atom is -0.483 e. The van der Waals surface area contributed by atoms with Crippen molar-refractivity contribution < 1.29 is 9.90 Å². The first-order chi connectivity index (χ1) is 2.83. The van der Waals surface area contributed by atoms with Gasteiger partial charge >= 0.3 is 0 Å². The summed E-state index contributed by atoms with van der Waals surface area (Å²) >= 11 is 0. The van der Waals surface area contributed by atoms with Gasteiger partial charge in [-0.3, -0.25) is 4.79 Å².